The lowest BCUT2D eigenvalue weighted by Gasteiger charge is -2.09. The zero-order valence-corrected chi connectivity index (χ0v) is 16.0. The van der Waals surface area contributed by atoms with Crippen LogP contribution in [0.2, 0.25) is 0 Å². The van der Waals surface area contributed by atoms with Crippen LogP contribution in [0.15, 0.2) is 58.7 Å². The van der Waals surface area contributed by atoms with E-state index in [0.29, 0.717) is 30.1 Å². The van der Waals surface area contributed by atoms with Crippen molar-refractivity contribution in [3.63, 3.8) is 0 Å². The third kappa shape index (κ3) is 3.74. The van der Waals surface area contributed by atoms with Crippen LogP contribution >= 0.6 is 0 Å². The molecule has 4 rings (SSSR count). The van der Waals surface area contributed by atoms with Gasteiger partial charge in [0, 0.05) is 31.0 Å². The Balaban J connectivity index is 1.54. The number of aryl methyl sites for hydroxylation is 1. The van der Waals surface area contributed by atoms with Crippen LogP contribution in [0.5, 0.6) is 0 Å². The molecule has 3 aromatic rings. The highest BCUT2D eigenvalue weighted by Gasteiger charge is 2.19. The van der Waals surface area contributed by atoms with E-state index in [1.54, 1.807) is 22.7 Å². The van der Waals surface area contributed by atoms with Crippen molar-refractivity contribution >= 4 is 33.1 Å². The second kappa shape index (κ2) is 7.08. The minimum atomic E-state index is -3.74. The van der Waals surface area contributed by atoms with Gasteiger partial charge in [-0.1, -0.05) is 6.07 Å². The number of benzene rings is 1. The minimum Gasteiger partial charge on any atom is -0.321 e. The number of amides is 1. The molecule has 0 aliphatic carbocycles. The van der Waals surface area contributed by atoms with Gasteiger partial charge in [-0.2, -0.15) is 0 Å². The summed E-state index contributed by atoms with van der Waals surface area (Å²) in [6.07, 6.45) is 4.92. The van der Waals surface area contributed by atoms with E-state index >= 15 is 0 Å². The highest BCUT2D eigenvalue weighted by atomic mass is 32.2. The molecule has 2 N–H and O–H groups in total. The van der Waals surface area contributed by atoms with Crippen molar-refractivity contribution in [1.82, 2.24) is 14.1 Å². The lowest BCUT2D eigenvalue weighted by molar-refractivity contribution is 0.102. The predicted octanol–water partition coefficient (Wildman–Crippen LogP) is 2.37. The van der Waals surface area contributed by atoms with Crippen molar-refractivity contribution in [2.45, 2.75) is 24.7 Å². The van der Waals surface area contributed by atoms with Gasteiger partial charge >= 0.3 is 0 Å². The molecular formula is C19H19N5O3S. The number of imidazole rings is 1. The number of rotatable bonds is 4. The predicted molar refractivity (Wildman–Crippen MR) is 106 cm³/mol. The van der Waals surface area contributed by atoms with Crippen LogP contribution in [-0.4, -0.2) is 36.1 Å². The molecule has 0 spiro atoms. The van der Waals surface area contributed by atoms with E-state index in [0.717, 1.165) is 12.0 Å². The molecule has 0 radical (unpaired) electrons. The Morgan fingerprint density at radius 3 is 2.86 bits per heavy atom. The molecule has 1 amide bonds. The van der Waals surface area contributed by atoms with Crippen LogP contribution in [-0.2, 0) is 10.0 Å². The lowest BCUT2D eigenvalue weighted by atomic mass is 10.3. The fourth-order valence-electron chi connectivity index (χ4n) is 2.97. The first-order valence-electron chi connectivity index (χ1n) is 8.84. The Morgan fingerprint density at radius 1 is 1.21 bits per heavy atom. The summed E-state index contributed by atoms with van der Waals surface area (Å²) in [4.78, 5) is 21.0. The number of pyridine rings is 1. The highest BCUT2D eigenvalue weighted by Crippen LogP contribution is 2.17. The number of nitrogens with zero attached hydrogens (tertiary/aromatic N) is 3. The Morgan fingerprint density at radius 2 is 2.07 bits per heavy atom. The molecule has 0 saturated heterocycles. The van der Waals surface area contributed by atoms with E-state index in [1.165, 1.54) is 12.1 Å². The molecule has 1 aliphatic rings. The molecule has 9 heteroatoms. The molecular weight excluding hydrogens is 378 g/mol. The molecule has 2 aromatic heterocycles. The maximum Gasteiger partial charge on any atom is 0.275 e. The highest BCUT2D eigenvalue weighted by molar-refractivity contribution is 7.90. The van der Waals surface area contributed by atoms with Crippen molar-refractivity contribution in [3.8, 4) is 0 Å². The summed E-state index contributed by atoms with van der Waals surface area (Å²) in [7, 11) is -3.74. The Kier molecular flexibility index (Phi) is 4.60. The summed E-state index contributed by atoms with van der Waals surface area (Å²) in [5, 5.41) is 2.70. The van der Waals surface area contributed by atoms with Crippen molar-refractivity contribution in [3.05, 3.63) is 60.0 Å². The van der Waals surface area contributed by atoms with E-state index in [1.807, 2.05) is 25.3 Å². The van der Waals surface area contributed by atoms with Gasteiger partial charge < -0.3 is 9.72 Å². The lowest BCUT2D eigenvalue weighted by Crippen LogP contribution is -2.29. The number of aliphatic imine (C=N–C) groups is 1. The first-order chi connectivity index (χ1) is 13.4. The van der Waals surface area contributed by atoms with Crippen LogP contribution in [0, 0.1) is 6.92 Å². The van der Waals surface area contributed by atoms with Gasteiger partial charge in [-0.15, -0.1) is 0 Å². The van der Waals surface area contributed by atoms with E-state index in [9.17, 15) is 13.2 Å². The molecule has 144 valence electrons. The average molecular weight is 397 g/mol. The molecule has 0 bridgehead atoms. The maximum atomic E-state index is 12.5. The molecule has 0 saturated carbocycles. The zero-order chi connectivity index (χ0) is 19.7. The SMILES string of the molecule is Cc1ccn2cc(C(=O)Nc3cccc(S(=O)(=O)NC4=NCCC4)c3)nc2c1. The fraction of sp³-hybridized carbons (Fsp3) is 0.211. The summed E-state index contributed by atoms with van der Waals surface area (Å²) in [5.74, 6) is 0.0541. The van der Waals surface area contributed by atoms with Crippen LogP contribution < -0.4 is 10.0 Å². The number of carbonyl (C=O) groups is 1. The third-order valence-electron chi connectivity index (χ3n) is 4.38. The Labute approximate surface area is 162 Å². The topological polar surface area (TPSA) is 105 Å². The van der Waals surface area contributed by atoms with Gasteiger partial charge in [0.15, 0.2) is 0 Å². The number of amidine groups is 1. The fourth-order valence-corrected chi connectivity index (χ4v) is 4.10. The minimum absolute atomic E-state index is 0.0607. The number of sulfonamides is 1. The normalized spacial score (nSPS) is 14.1. The maximum absolute atomic E-state index is 12.5. The average Bonchev–Trinajstić information content (AvgIpc) is 3.30. The van der Waals surface area contributed by atoms with Gasteiger partial charge in [-0.05, 0) is 49.2 Å². The number of hydrogen-bond donors (Lipinski definition) is 2. The van der Waals surface area contributed by atoms with Gasteiger partial charge in [0.25, 0.3) is 15.9 Å². The van der Waals surface area contributed by atoms with Gasteiger partial charge in [0.2, 0.25) is 0 Å². The van der Waals surface area contributed by atoms with Crippen LogP contribution in [0.1, 0.15) is 28.9 Å². The second-order valence-corrected chi connectivity index (χ2v) is 8.30. The van der Waals surface area contributed by atoms with E-state index in [4.69, 9.17) is 0 Å². The van der Waals surface area contributed by atoms with Crippen LogP contribution in [0.25, 0.3) is 5.65 Å². The molecule has 28 heavy (non-hydrogen) atoms. The molecule has 0 unspecified atom stereocenters. The van der Waals surface area contributed by atoms with Crippen LogP contribution in [0.3, 0.4) is 0 Å². The molecule has 1 aliphatic heterocycles. The molecule has 0 atom stereocenters. The van der Waals surface area contributed by atoms with Gasteiger partial charge in [0.05, 0.1) is 4.90 Å². The summed E-state index contributed by atoms with van der Waals surface area (Å²) < 4.78 is 29.3. The zero-order valence-electron chi connectivity index (χ0n) is 15.2. The first-order valence-corrected chi connectivity index (χ1v) is 10.3. The molecule has 3 heterocycles. The quantitative estimate of drug-likeness (QED) is 0.705. The number of anilines is 1. The van der Waals surface area contributed by atoms with Crippen molar-refractivity contribution in [2.75, 3.05) is 11.9 Å². The number of carbonyl (C=O) groups excluding carboxylic acids is 1. The Hall–Kier alpha value is -3.20. The van der Waals surface area contributed by atoms with E-state index in [-0.39, 0.29) is 10.6 Å². The Bertz CT molecular complexity index is 1200. The number of nitrogens with one attached hydrogen (secondary N) is 2. The summed E-state index contributed by atoms with van der Waals surface area (Å²) in [5.41, 5.74) is 2.33. The summed E-state index contributed by atoms with van der Waals surface area (Å²) >= 11 is 0. The van der Waals surface area contributed by atoms with Crippen molar-refractivity contribution < 1.29 is 13.2 Å². The first kappa shape index (κ1) is 18.2. The van der Waals surface area contributed by atoms with Gasteiger partial charge in [0.1, 0.15) is 17.2 Å². The number of hydrogen-bond acceptors (Lipinski definition) is 5. The molecule has 8 nitrogen and oxygen atoms in total. The second-order valence-electron chi connectivity index (χ2n) is 6.62. The number of fused-ring (bicyclic) bond motifs is 1. The van der Waals surface area contributed by atoms with E-state index < -0.39 is 15.9 Å². The smallest absolute Gasteiger partial charge is 0.275 e. The monoisotopic (exact) mass is 397 g/mol. The van der Waals surface area contributed by atoms with Crippen molar-refractivity contribution in [2.24, 2.45) is 4.99 Å². The standard InChI is InChI=1S/C19H19N5O3S/c1-13-7-9-24-12-16(22-18(24)10-13)19(25)21-14-4-2-5-15(11-14)28(26,27)23-17-6-3-8-20-17/h2,4-5,7,9-12H,3,6,8H2,1H3,(H,20,23)(H,21,25). The number of aromatic nitrogens is 2. The van der Waals surface area contributed by atoms with Crippen LogP contribution in [0.4, 0.5) is 5.69 Å². The van der Waals surface area contributed by atoms with E-state index in [2.05, 4.69) is 20.0 Å². The molecule has 1 aromatic carbocycles. The third-order valence-corrected chi connectivity index (χ3v) is 5.76. The largest absolute Gasteiger partial charge is 0.321 e. The summed E-state index contributed by atoms with van der Waals surface area (Å²) in [6, 6.07) is 9.89. The van der Waals surface area contributed by atoms with Gasteiger partial charge in [-0.3, -0.25) is 14.5 Å². The van der Waals surface area contributed by atoms with Crippen molar-refractivity contribution in [1.29, 1.82) is 0 Å². The molecule has 0 fully saturated rings. The summed E-state index contributed by atoms with van der Waals surface area (Å²) in [6.45, 7) is 2.58. The van der Waals surface area contributed by atoms with Gasteiger partial charge in [-0.25, -0.2) is 13.4 Å².